The van der Waals surface area contributed by atoms with Gasteiger partial charge in [-0.05, 0) is 26.8 Å². The Morgan fingerprint density at radius 1 is 1.18 bits per heavy atom. The van der Waals surface area contributed by atoms with E-state index < -0.39 is 0 Å². The van der Waals surface area contributed by atoms with Gasteiger partial charge in [0.15, 0.2) is 0 Å². The third-order valence-electron chi connectivity index (χ3n) is 1.58. The lowest BCUT2D eigenvalue weighted by Crippen LogP contribution is -2.33. The molecule has 0 rings (SSSR count). The fourth-order valence-electron chi connectivity index (χ4n) is 0.937. The molecule has 0 aromatic heterocycles. The molecule has 0 aromatic rings. The largest absolute Gasteiger partial charge is 0.303 e. The van der Waals surface area contributed by atoms with Crippen LogP contribution in [0.4, 0.5) is 0 Å². The summed E-state index contributed by atoms with van der Waals surface area (Å²) in [6, 6.07) is 0. The maximum Gasteiger partial charge on any atom is 0.0648 e. The molecule has 0 fully saturated rings. The first-order valence-electron chi connectivity index (χ1n) is 4.50. The van der Waals surface area contributed by atoms with Crippen LogP contribution < -0.4 is 5.32 Å². The Labute approximate surface area is 84.5 Å². The van der Waals surface area contributed by atoms with Gasteiger partial charge < -0.3 is 5.32 Å². The number of hydrogen-bond acceptors (Lipinski definition) is 1. The van der Waals surface area contributed by atoms with Crippen molar-refractivity contribution in [2.75, 3.05) is 6.54 Å². The van der Waals surface area contributed by atoms with Crippen molar-refractivity contribution in [1.82, 2.24) is 5.32 Å². The second-order valence-electron chi connectivity index (χ2n) is 3.46. The predicted molar refractivity (Wildman–Crippen MR) is 60.2 cm³/mol. The van der Waals surface area contributed by atoms with Crippen molar-refractivity contribution in [2.45, 2.75) is 50.0 Å². The molecule has 0 aromatic carbocycles. The van der Waals surface area contributed by atoms with Crippen LogP contribution in [0.25, 0.3) is 0 Å². The Balaban J connectivity index is 3.02. The Bertz CT molecular complexity index is 86.1. The molecular formula is C9H20IN. The standard InChI is InChI=1S/C9H20IN/c1-4-5-6-7-8-11-9(2,3)10/h11H,4-8H2,1-3H3. The first-order valence-corrected chi connectivity index (χ1v) is 5.58. The number of nitrogens with one attached hydrogen (secondary N) is 1. The normalized spacial score (nSPS) is 12.0. The van der Waals surface area contributed by atoms with E-state index in [1.54, 1.807) is 0 Å². The molecule has 0 aliphatic carbocycles. The highest BCUT2D eigenvalue weighted by Crippen LogP contribution is 2.11. The topological polar surface area (TPSA) is 12.0 Å². The molecule has 0 atom stereocenters. The van der Waals surface area contributed by atoms with E-state index in [0.717, 1.165) is 6.54 Å². The Morgan fingerprint density at radius 3 is 2.27 bits per heavy atom. The lowest BCUT2D eigenvalue weighted by atomic mass is 10.2. The third kappa shape index (κ3) is 10.7. The molecule has 0 saturated carbocycles. The fraction of sp³-hybridized carbons (Fsp3) is 1.00. The van der Waals surface area contributed by atoms with E-state index >= 15 is 0 Å². The fourth-order valence-corrected chi connectivity index (χ4v) is 1.21. The molecule has 0 unspecified atom stereocenters. The van der Waals surface area contributed by atoms with Crippen molar-refractivity contribution in [2.24, 2.45) is 0 Å². The zero-order valence-corrected chi connectivity index (χ0v) is 10.1. The van der Waals surface area contributed by atoms with Gasteiger partial charge in [0, 0.05) is 0 Å². The van der Waals surface area contributed by atoms with Crippen molar-refractivity contribution in [3.63, 3.8) is 0 Å². The van der Waals surface area contributed by atoms with E-state index in [2.05, 4.69) is 48.7 Å². The summed E-state index contributed by atoms with van der Waals surface area (Å²) in [4.78, 5) is 0. The Hall–Kier alpha value is 0.690. The van der Waals surface area contributed by atoms with Crippen molar-refractivity contribution >= 4 is 22.6 Å². The minimum atomic E-state index is 0.268. The van der Waals surface area contributed by atoms with Crippen LogP contribution in [0, 0.1) is 0 Å². The minimum absolute atomic E-state index is 0.268. The molecule has 11 heavy (non-hydrogen) atoms. The average molecular weight is 269 g/mol. The molecule has 0 aliphatic rings. The Morgan fingerprint density at radius 2 is 1.82 bits per heavy atom. The molecular weight excluding hydrogens is 249 g/mol. The molecule has 1 nitrogen and oxygen atoms in total. The van der Waals surface area contributed by atoms with Crippen molar-refractivity contribution < 1.29 is 0 Å². The van der Waals surface area contributed by atoms with Gasteiger partial charge in [0.2, 0.25) is 0 Å². The summed E-state index contributed by atoms with van der Waals surface area (Å²) >= 11 is 2.43. The molecule has 0 saturated heterocycles. The number of hydrogen-bond donors (Lipinski definition) is 1. The first-order chi connectivity index (χ1) is 5.06. The minimum Gasteiger partial charge on any atom is -0.303 e. The molecule has 0 heterocycles. The van der Waals surface area contributed by atoms with Crippen LogP contribution in [0.15, 0.2) is 0 Å². The molecule has 0 radical (unpaired) electrons. The highest BCUT2D eigenvalue weighted by Gasteiger charge is 2.08. The second-order valence-corrected chi connectivity index (χ2v) is 6.16. The van der Waals surface area contributed by atoms with Crippen LogP contribution in [-0.4, -0.2) is 10.1 Å². The van der Waals surface area contributed by atoms with Crippen LogP contribution >= 0.6 is 22.6 Å². The lowest BCUT2D eigenvalue weighted by molar-refractivity contribution is 0.531. The molecule has 1 N–H and O–H groups in total. The maximum absolute atomic E-state index is 3.47. The summed E-state index contributed by atoms with van der Waals surface area (Å²) in [6.07, 6.45) is 5.40. The van der Waals surface area contributed by atoms with E-state index in [1.807, 2.05) is 0 Å². The average Bonchev–Trinajstić information content (AvgIpc) is 1.85. The quantitative estimate of drug-likeness (QED) is 0.337. The van der Waals surface area contributed by atoms with Gasteiger partial charge in [-0.3, -0.25) is 0 Å². The van der Waals surface area contributed by atoms with E-state index in [4.69, 9.17) is 0 Å². The van der Waals surface area contributed by atoms with Crippen LogP contribution in [0.1, 0.15) is 46.5 Å². The smallest absolute Gasteiger partial charge is 0.0648 e. The van der Waals surface area contributed by atoms with E-state index in [1.165, 1.54) is 25.7 Å². The van der Waals surface area contributed by atoms with Crippen LogP contribution in [0.3, 0.4) is 0 Å². The number of halogens is 1. The summed E-state index contributed by atoms with van der Waals surface area (Å²) in [5.41, 5.74) is 0. The molecule has 68 valence electrons. The zero-order chi connectivity index (χ0) is 8.74. The van der Waals surface area contributed by atoms with E-state index in [-0.39, 0.29) is 3.55 Å². The summed E-state index contributed by atoms with van der Waals surface area (Å²) < 4.78 is 0.268. The van der Waals surface area contributed by atoms with Crippen LogP contribution in [0.2, 0.25) is 0 Å². The van der Waals surface area contributed by atoms with Crippen molar-refractivity contribution in [3.8, 4) is 0 Å². The van der Waals surface area contributed by atoms with Gasteiger partial charge in [0.25, 0.3) is 0 Å². The van der Waals surface area contributed by atoms with Gasteiger partial charge >= 0.3 is 0 Å². The van der Waals surface area contributed by atoms with Gasteiger partial charge in [0.1, 0.15) is 0 Å². The zero-order valence-electron chi connectivity index (χ0n) is 7.91. The van der Waals surface area contributed by atoms with Gasteiger partial charge in [0.05, 0.1) is 3.55 Å². The molecule has 0 bridgehead atoms. The summed E-state index contributed by atoms with van der Waals surface area (Å²) in [7, 11) is 0. The van der Waals surface area contributed by atoms with Crippen LogP contribution in [0.5, 0.6) is 0 Å². The highest BCUT2D eigenvalue weighted by molar-refractivity contribution is 14.1. The van der Waals surface area contributed by atoms with Crippen LogP contribution in [-0.2, 0) is 0 Å². The molecule has 0 spiro atoms. The highest BCUT2D eigenvalue weighted by atomic mass is 127. The summed E-state index contributed by atoms with van der Waals surface area (Å²) in [5.74, 6) is 0. The van der Waals surface area contributed by atoms with E-state index in [9.17, 15) is 0 Å². The summed E-state index contributed by atoms with van der Waals surface area (Å²) in [5, 5.41) is 3.47. The second kappa shape index (κ2) is 6.23. The number of alkyl halides is 1. The Kier molecular flexibility index (Phi) is 6.62. The predicted octanol–water partition coefficient (Wildman–Crippen LogP) is 3.33. The van der Waals surface area contributed by atoms with Gasteiger partial charge in [-0.15, -0.1) is 0 Å². The number of unbranched alkanes of at least 4 members (excludes halogenated alkanes) is 3. The van der Waals surface area contributed by atoms with Crippen molar-refractivity contribution in [1.29, 1.82) is 0 Å². The molecule has 0 amide bonds. The van der Waals surface area contributed by atoms with E-state index in [0.29, 0.717) is 0 Å². The van der Waals surface area contributed by atoms with Crippen molar-refractivity contribution in [3.05, 3.63) is 0 Å². The third-order valence-corrected chi connectivity index (χ3v) is 1.96. The molecule has 0 aliphatic heterocycles. The first kappa shape index (κ1) is 11.7. The maximum atomic E-state index is 3.47. The van der Waals surface area contributed by atoms with Gasteiger partial charge in [-0.2, -0.15) is 0 Å². The van der Waals surface area contributed by atoms with Gasteiger partial charge in [-0.1, -0.05) is 48.8 Å². The summed E-state index contributed by atoms with van der Waals surface area (Å²) in [6.45, 7) is 7.81. The molecule has 2 heteroatoms. The number of rotatable bonds is 6. The van der Waals surface area contributed by atoms with Gasteiger partial charge in [-0.25, -0.2) is 0 Å². The lowest BCUT2D eigenvalue weighted by Gasteiger charge is -2.18. The SMILES string of the molecule is CCCCCCNC(C)(C)I. The monoisotopic (exact) mass is 269 g/mol.